The average molecular weight is 214 g/mol. The van der Waals surface area contributed by atoms with Crippen molar-refractivity contribution in [1.29, 1.82) is 5.26 Å². The van der Waals surface area contributed by atoms with E-state index in [4.69, 9.17) is 10.00 Å². The minimum absolute atomic E-state index is 0.306. The van der Waals surface area contributed by atoms with Gasteiger partial charge in [0.2, 0.25) is 5.95 Å². The van der Waals surface area contributed by atoms with Crippen LogP contribution in [0.3, 0.4) is 0 Å². The molecule has 0 saturated carbocycles. The minimum Gasteiger partial charge on any atom is -0.496 e. The lowest BCUT2D eigenvalue weighted by Crippen LogP contribution is -1.99. The summed E-state index contributed by atoms with van der Waals surface area (Å²) in [6.45, 7) is 1.86. The Morgan fingerprint density at radius 2 is 2.19 bits per heavy atom. The van der Waals surface area contributed by atoms with Crippen LogP contribution in [-0.4, -0.2) is 17.1 Å². The molecule has 0 saturated heterocycles. The lowest BCUT2D eigenvalue weighted by atomic mass is 10.2. The van der Waals surface area contributed by atoms with Crippen LogP contribution in [-0.2, 0) is 0 Å². The van der Waals surface area contributed by atoms with Crippen molar-refractivity contribution in [2.75, 3.05) is 12.4 Å². The number of benzene rings is 1. The molecule has 0 fully saturated rings. The lowest BCUT2D eigenvalue weighted by Gasteiger charge is -2.07. The quantitative estimate of drug-likeness (QED) is 0.610. The third-order valence-corrected chi connectivity index (χ3v) is 2.25. The molecule has 1 aromatic heterocycles. The van der Waals surface area contributed by atoms with E-state index < -0.39 is 0 Å². The van der Waals surface area contributed by atoms with E-state index >= 15 is 0 Å². The molecule has 1 aromatic carbocycles. The molecule has 5 nitrogen and oxygen atoms in total. The Hall–Kier alpha value is -2.35. The van der Waals surface area contributed by atoms with Gasteiger partial charge in [-0.2, -0.15) is 5.26 Å². The molecule has 2 aromatic rings. The van der Waals surface area contributed by atoms with Crippen LogP contribution in [0.5, 0.6) is 5.75 Å². The van der Waals surface area contributed by atoms with E-state index in [0.29, 0.717) is 5.95 Å². The summed E-state index contributed by atoms with van der Waals surface area (Å²) in [6, 6.07) is 5.56. The predicted molar refractivity (Wildman–Crippen MR) is 60.1 cm³/mol. The summed E-state index contributed by atoms with van der Waals surface area (Å²) >= 11 is 0. The van der Waals surface area contributed by atoms with Crippen LogP contribution in [0.15, 0.2) is 18.2 Å². The van der Waals surface area contributed by atoms with Gasteiger partial charge in [-0.1, -0.05) is 6.07 Å². The average Bonchev–Trinajstić information content (AvgIpc) is 2.28. The zero-order chi connectivity index (χ0) is 11.5. The van der Waals surface area contributed by atoms with Gasteiger partial charge in [-0.05, 0) is 19.1 Å². The topological polar surface area (TPSA) is 70.8 Å². The molecular weight excluding hydrogens is 204 g/mol. The molecule has 5 heteroatoms. The molecule has 80 valence electrons. The first-order valence-electron chi connectivity index (χ1n) is 4.72. The van der Waals surface area contributed by atoms with E-state index in [1.54, 1.807) is 13.3 Å². The first-order valence-corrected chi connectivity index (χ1v) is 4.72. The van der Waals surface area contributed by atoms with Gasteiger partial charge in [0.1, 0.15) is 5.75 Å². The lowest BCUT2D eigenvalue weighted by molar-refractivity contribution is 0.419. The van der Waals surface area contributed by atoms with Crippen molar-refractivity contribution in [3.8, 4) is 11.9 Å². The van der Waals surface area contributed by atoms with Gasteiger partial charge in [0.05, 0.1) is 23.7 Å². The number of methoxy groups -OCH3 is 1. The number of hydrogen-bond acceptors (Lipinski definition) is 5. The van der Waals surface area contributed by atoms with Crippen molar-refractivity contribution in [1.82, 2.24) is 9.97 Å². The Balaban J connectivity index is 2.71. The fraction of sp³-hybridized carbons (Fsp3) is 0.182. The van der Waals surface area contributed by atoms with Gasteiger partial charge in [0.15, 0.2) is 6.19 Å². The number of nitriles is 1. The van der Waals surface area contributed by atoms with Crippen LogP contribution >= 0.6 is 0 Å². The zero-order valence-corrected chi connectivity index (χ0v) is 8.98. The molecule has 0 aliphatic carbocycles. The molecule has 1 N–H and O–H groups in total. The maximum atomic E-state index is 8.52. The highest BCUT2D eigenvalue weighted by Gasteiger charge is 2.08. The van der Waals surface area contributed by atoms with E-state index in [2.05, 4.69) is 15.3 Å². The van der Waals surface area contributed by atoms with Gasteiger partial charge in [-0.25, -0.2) is 9.97 Å². The predicted octanol–water partition coefficient (Wildman–Crippen LogP) is 1.84. The number of anilines is 1. The summed E-state index contributed by atoms with van der Waals surface area (Å²) in [6.07, 6.45) is 1.80. The smallest absolute Gasteiger partial charge is 0.236 e. The number of aromatic nitrogens is 2. The van der Waals surface area contributed by atoms with Crippen molar-refractivity contribution in [2.24, 2.45) is 0 Å². The van der Waals surface area contributed by atoms with Crippen molar-refractivity contribution >= 4 is 16.9 Å². The van der Waals surface area contributed by atoms with Gasteiger partial charge in [0.25, 0.3) is 0 Å². The third kappa shape index (κ3) is 1.61. The van der Waals surface area contributed by atoms with Gasteiger partial charge < -0.3 is 4.74 Å². The first kappa shape index (κ1) is 10.2. The number of nitrogens with one attached hydrogen (secondary N) is 1. The number of nitrogens with zero attached hydrogens (tertiary/aromatic N) is 3. The highest BCUT2D eigenvalue weighted by molar-refractivity contribution is 5.88. The van der Waals surface area contributed by atoms with Crippen LogP contribution < -0.4 is 10.1 Å². The molecule has 0 aliphatic rings. The third-order valence-electron chi connectivity index (χ3n) is 2.25. The van der Waals surface area contributed by atoms with Gasteiger partial charge >= 0.3 is 0 Å². The number of ether oxygens (including phenoxy) is 1. The van der Waals surface area contributed by atoms with E-state index in [1.165, 1.54) is 0 Å². The van der Waals surface area contributed by atoms with Crippen molar-refractivity contribution in [2.45, 2.75) is 6.92 Å². The van der Waals surface area contributed by atoms with E-state index in [-0.39, 0.29) is 0 Å². The number of fused-ring (bicyclic) bond motifs is 1. The fourth-order valence-corrected chi connectivity index (χ4v) is 1.61. The highest BCUT2D eigenvalue weighted by Crippen LogP contribution is 2.26. The van der Waals surface area contributed by atoms with Gasteiger partial charge in [-0.15, -0.1) is 0 Å². The highest BCUT2D eigenvalue weighted by atomic mass is 16.5. The Bertz CT molecular complexity index is 574. The van der Waals surface area contributed by atoms with Gasteiger partial charge in [0, 0.05) is 0 Å². The number of hydrogen-bond donors (Lipinski definition) is 1. The Morgan fingerprint density at radius 3 is 2.88 bits per heavy atom. The standard InChI is InChI=1S/C11H10N4O/c1-7-10-8(4-3-5-9(10)16-2)15-11(14-7)13-6-12/h3-5H,1-2H3,(H,13,14,15). The monoisotopic (exact) mass is 214 g/mol. The first-order chi connectivity index (χ1) is 7.76. The van der Waals surface area contributed by atoms with E-state index in [9.17, 15) is 0 Å². The zero-order valence-electron chi connectivity index (χ0n) is 8.98. The fourth-order valence-electron chi connectivity index (χ4n) is 1.61. The summed E-state index contributed by atoms with van der Waals surface area (Å²) in [5, 5.41) is 11.8. The molecule has 16 heavy (non-hydrogen) atoms. The SMILES string of the molecule is COc1cccc2nc(NC#N)nc(C)c12. The Labute approximate surface area is 92.7 Å². The molecule has 0 amide bonds. The van der Waals surface area contributed by atoms with Crippen LogP contribution in [0, 0.1) is 18.4 Å². The summed E-state index contributed by atoms with van der Waals surface area (Å²) in [5.41, 5.74) is 1.53. The molecule has 0 aliphatic heterocycles. The Kier molecular flexibility index (Phi) is 2.56. The molecule has 0 radical (unpaired) electrons. The molecule has 0 unspecified atom stereocenters. The number of aryl methyl sites for hydroxylation is 1. The molecule has 0 spiro atoms. The summed E-state index contributed by atoms with van der Waals surface area (Å²) in [5.74, 6) is 1.04. The van der Waals surface area contributed by atoms with Crippen LogP contribution in [0.1, 0.15) is 5.69 Å². The second kappa shape index (κ2) is 4.03. The van der Waals surface area contributed by atoms with E-state index in [0.717, 1.165) is 22.3 Å². The molecule has 2 rings (SSSR count). The maximum absolute atomic E-state index is 8.52. The van der Waals surface area contributed by atoms with Crippen LogP contribution in [0.25, 0.3) is 10.9 Å². The second-order valence-corrected chi connectivity index (χ2v) is 3.22. The van der Waals surface area contributed by atoms with E-state index in [1.807, 2.05) is 25.1 Å². The summed E-state index contributed by atoms with van der Waals surface area (Å²) in [7, 11) is 1.61. The molecular formula is C11H10N4O. The second-order valence-electron chi connectivity index (χ2n) is 3.22. The van der Waals surface area contributed by atoms with Crippen molar-refractivity contribution in [3.05, 3.63) is 23.9 Å². The minimum atomic E-state index is 0.306. The summed E-state index contributed by atoms with van der Waals surface area (Å²) < 4.78 is 5.24. The molecule has 0 atom stereocenters. The van der Waals surface area contributed by atoms with Crippen LogP contribution in [0.4, 0.5) is 5.95 Å². The van der Waals surface area contributed by atoms with Crippen LogP contribution in [0.2, 0.25) is 0 Å². The van der Waals surface area contributed by atoms with Gasteiger partial charge in [-0.3, -0.25) is 5.32 Å². The normalized spacial score (nSPS) is 9.81. The largest absolute Gasteiger partial charge is 0.496 e. The molecule has 1 heterocycles. The summed E-state index contributed by atoms with van der Waals surface area (Å²) in [4.78, 5) is 8.38. The van der Waals surface area contributed by atoms with Crippen molar-refractivity contribution in [3.63, 3.8) is 0 Å². The number of rotatable bonds is 2. The Morgan fingerprint density at radius 1 is 1.38 bits per heavy atom. The molecule has 0 bridgehead atoms. The van der Waals surface area contributed by atoms with Crippen molar-refractivity contribution < 1.29 is 4.74 Å². The maximum Gasteiger partial charge on any atom is 0.236 e.